The van der Waals surface area contributed by atoms with Crippen molar-refractivity contribution in [1.82, 2.24) is 0 Å². The minimum absolute atomic E-state index is 0.121. The molecule has 0 aromatic rings. The predicted molar refractivity (Wildman–Crippen MR) is 79.2 cm³/mol. The van der Waals surface area contributed by atoms with Crippen LogP contribution in [0.15, 0.2) is 12.2 Å². The molecule has 2 fully saturated rings. The first-order valence-corrected chi connectivity index (χ1v) is 7.50. The summed E-state index contributed by atoms with van der Waals surface area (Å²) in [5.74, 6) is 0.636. The van der Waals surface area contributed by atoms with Gasteiger partial charge in [-0.2, -0.15) is 0 Å². The molecule has 2 aliphatic carbocycles. The van der Waals surface area contributed by atoms with Crippen LogP contribution >= 0.6 is 0 Å². The Kier molecular flexibility index (Phi) is 6.90. The molecular formula is C15H31N3. The van der Waals surface area contributed by atoms with Crippen molar-refractivity contribution in [2.24, 2.45) is 23.1 Å². The van der Waals surface area contributed by atoms with Crippen LogP contribution < -0.4 is 17.2 Å². The lowest BCUT2D eigenvalue weighted by Crippen LogP contribution is -2.49. The van der Waals surface area contributed by atoms with Crippen molar-refractivity contribution >= 4 is 0 Å². The average molecular weight is 253 g/mol. The molecule has 3 heteroatoms. The first kappa shape index (κ1) is 15.7. The molecule has 2 saturated carbocycles. The van der Waals surface area contributed by atoms with Crippen LogP contribution in [0.3, 0.4) is 0 Å². The summed E-state index contributed by atoms with van der Waals surface area (Å²) < 4.78 is 0. The molecule has 0 heterocycles. The van der Waals surface area contributed by atoms with Gasteiger partial charge in [0.1, 0.15) is 0 Å². The van der Waals surface area contributed by atoms with Gasteiger partial charge in [-0.1, -0.05) is 37.8 Å². The Labute approximate surface area is 112 Å². The molecule has 0 spiro atoms. The quantitative estimate of drug-likeness (QED) is 0.661. The number of rotatable bonds is 2. The fourth-order valence-electron chi connectivity index (χ4n) is 3.33. The van der Waals surface area contributed by atoms with Gasteiger partial charge < -0.3 is 17.2 Å². The second-order valence-corrected chi connectivity index (χ2v) is 5.83. The van der Waals surface area contributed by atoms with Crippen molar-refractivity contribution in [3.8, 4) is 0 Å². The monoisotopic (exact) mass is 253 g/mol. The standard InChI is InChI=1S/C13H23N.C2H8N2/c1-11-7-3-4-8-12(11)13(14)9-5-2-6-10-13;3-1-2-4/h12H,1-10,14H2;1-4H2. The summed E-state index contributed by atoms with van der Waals surface area (Å²) in [7, 11) is 0. The van der Waals surface area contributed by atoms with Gasteiger partial charge in [0.15, 0.2) is 0 Å². The first-order valence-electron chi connectivity index (χ1n) is 7.50. The minimum Gasteiger partial charge on any atom is -0.329 e. The zero-order valence-corrected chi connectivity index (χ0v) is 11.8. The Bertz CT molecular complexity index is 242. The van der Waals surface area contributed by atoms with E-state index in [1.165, 1.54) is 63.4 Å². The number of hydrogen-bond donors (Lipinski definition) is 3. The molecule has 0 amide bonds. The molecule has 18 heavy (non-hydrogen) atoms. The van der Waals surface area contributed by atoms with E-state index in [1.54, 1.807) is 0 Å². The highest BCUT2D eigenvalue weighted by Crippen LogP contribution is 2.41. The van der Waals surface area contributed by atoms with Crippen LogP contribution in [-0.2, 0) is 0 Å². The molecule has 6 N–H and O–H groups in total. The van der Waals surface area contributed by atoms with Crippen molar-refractivity contribution in [3.63, 3.8) is 0 Å². The largest absolute Gasteiger partial charge is 0.329 e. The highest BCUT2D eigenvalue weighted by molar-refractivity contribution is 5.13. The molecule has 0 aromatic heterocycles. The molecule has 2 aliphatic rings. The zero-order valence-electron chi connectivity index (χ0n) is 11.8. The molecule has 1 unspecified atom stereocenters. The third-order valence-electron chi connectivity index (χ3n) is 4.38. The first-order chi connectivity index (χ1) is 8.64. The van der Waals surface area contributed by atoms with Crippen LogP contribution in [0.4, 0.5) is 0 Å². The Balaban J connectivity index is 0.000000357. The number of hydrogen-bond acceptors (Lipinski definition) is 3. The smallest absolute Gasteiger partial charge is 0.0220 e. The van der Waals surface area contributed by atoms with E-state index in [1.807, 2.05) is 0 Å². The lowest BCUT2D eigenvalue weighted by molar-refractivity contribution is 0.195. The summed E-state index contributed by atoms with van der Waals surface area (Å²) in [5, 5.41) is 0. The van der Waals surface area contributed by atoms with E-state index in [0.717, 1.165) is 0 Å². The van der Waals surface area contributed by atoms with E-state index in [-0.39, 0.29) is 5.54 Å². The van der Waals surface area contributed by atoms with Crippen LogP contribution in [0.25, 0.3) is 0 Å². The molecule has 0 aromatic carbocycles. The normalized spacial score (nSPS) is 27.3. The highest BCUT2D eigenvalue weighted by atomic mass is 14.8. The summed E-state index contributed by atoms with van der Waals surface area (Å²) in [5.41, 5.74) is 17.9. The summed E-state index contributed by atoms with van der Waals surface area (Å²) in [6, 6.07) is 0. The summed E-state index contributed by atoms with van der Waals surface area (Å²) in [6.45, 7) is 5.43. The van der Waals surface area contributed by atoms with Crippen LogP contribution in [0.5, 0.6) is 0 Å². The van der Waals surface area contributed by atoms with Gasteiger partial charge in [0, 0.05) is 18.6 Å². The fourth-order valence-corrected chi connectivity index (χ4v) is 3.33. The lowest BCUT2D eigenvalue weighted by Gasteiger charge is -2.43. The van der Waals surface area contributed by atoms with E-state index >= 15 is 0 Å². The maximum absolute atomic E-state index is 6.56. The van der Waals surface area contributed by atoms with Gasteiger partial charge in [-0.3, -0.25) is 0 Å². The van der Waals surface area contributed by atoms with Crippen molar-refractivity contribution in [2.75, 3.05) is 13.1 Å². The molecule has 0 radical (unpaired) electrons. The van der Waals surface area contributed by atoms with E-state index in [9.17, 15) is 0 Å². The summed E-state index contributed by atoms with van der Waals surface area (Å²) in [6.07, 6.45) is 11.7. The fraction of sp³-hybridized carbons (Fsp3) is 0.867. The van der Waals surface area contributed by atoms with Gasteiger partial charge in [-0.25, -0.2) is 0 Å². The second kappa shape index (κ2) is 7.93. The molecular weight excluding hydrogens is 222 g/mol. The van der Waals surface area contributed by atoms with Gasteiger partial charge in [0.25, 0.3) is 0 Å². The van der Waals surface area contributed by atoms with Gasteiger partial charge in [-0.05, 0) is 38.0 Å². The van der Waals surface area contributed by atoms with E-state index in [2.05, 4.69) is 6.58 Å². The van der Waals surface area contributed by atoms with Crippen molar-refractivity contribution < 1.29 is 0 Å². The van der Waals surface area contributed by atoms with Crippen LogP contribution in [-0.4, -0.2) is 18.6 Å². The maximum Gasteiger partial charge on any atom is 0.0220 e. The van der Waals surface area contributed by atoms with Crippen molar-refractivity contribution in [2.45, 2.75) is 63.3 Å². The lowest BCUT2D eigenvalue weighted by atomic mass is 9.66. The Morgan fingerprint density at radius 1 is 1.00 bits per heavy atom. The maximum atomic E-state index is 6.56. The van der Waals surface area contributed by atoms with E-state index in [0.29, 0.717) is 19.0 Å². The third-order valence-corrected chi connectivity index (χ3v) is 4.38. The molecule has 1 atom stereocenters. The Morgan fingerprint density at radius 3 is 2.11 bits per heavy atom. The summed E-state index contributed by atoms with van der Waals surface area (Å²) >= 11 is 0. The molecule has 0 aliphatic heterocycles. The molecule has 0 bridgehead atoms. The highest BCUT2D eigenvalue weighted by Gasteiger charge is 2.37. The van der Waals surface area contributed by atoms with E-state index < -0.39 is 0 Å². The molecule has 2 rings (SSSR count). The van der Waals surface area contributed by atoms with Crippen LogP contribution in [0.2, 0.25) is 0 Å². The van der Waals surface area contributed by atoms with E-state index in [4.69, 9.17) is 17.2 Å². The Hall–Kier alpha value is -0.380. The second-order valence-electron chi connectivity index (χ2n) is 5.83. The topological polar surface area (TPSA) is 78.1 Å². The van der Waals surface area contributed by atoms with Crippen LogP contribution in [0.1, 0.15) is 57.8 Å². The van der Waals surface area contributed by atoms with Crippen molar-refractivity contribution in [1.29, 1.82) is 0 Å². The van der Waals surface area contributed by atoms with Gasteiger partial charge in [0.05, 0.1) is 0 Å². The predicted octanol–water partition coefficient (Wildman–Crippen LogP) is 2.30. The molecule has 3 nitrogen and oxygen atoms in total. The average Bonchev–Trinajstić information content (AvgIpc) is 2.40. The van der Waals surface area contributed by atoms with Gasteiger partial charge in [0.2, 0.25) is 0 Å². The SMILES string of the molecule is C=C1CCCCC1C1(N)CCCCC1.NCCN. The zero-order chi connectivity index (χ0) is 13.4. The van der Waals surface area contributed by atoms with Crippen molar-refractivity contribution in [3.05, 3.63) is 12.2 Å². The molecule has 0 saturated heterocycles. The van der Waals surface area contributed by atoms with Gasteiger partial charge >= 0.3 is 0 Å². The minimum atomic E-state index is 0.121. The number of nitrogens with two attached hydrogens (primary N) is 3. The molecule has 106 valence electrons. The summed E-state index contributed by atoms with van der Waals surface area (Å²) in [4.78, 5) is 0. The van der Waals surface area contributed by atoms with Gasteiger partial charge in [-0.15, -0.1) is 0 Å². The third kappa shape index (κ3) is 4.38. The van der Waals surface area contributed by atoms with Crippen LogP contribution in [0, 0.1) is 5.92 Å². The Morgan fingerprint density at radius 2 is 1.61 bits per heavy atom.